The van der Waals surface area contributed by atoms with E-state index < -0.39 is 0 Å². The zero-order valence-electron chi connectivity index (χ0n) is 18.5. The van der Waals surface area contributed by atoms with Gasteiger partial charge in [0, 0.05) is 11.3 Å². The predicted octanol–water partition coefficient (Wildman–Crippen LogP) is 4.48. The van der Waals surface area contributed by atoms with Gasteiger partial charge in [0.2, 0.25) is 0 Å². The summed E-state index contributed by atoms with van der Waals surface area (Å²) >= 11 is 1.29. The lowest BCUT2D eigenvalue weighted by Crippen LogP contribution is -2.21. The highest BCUT2D eigenvalue weighted by Gasteiger charge is 2.17. The molecule has 1 N–H and O–H groups in total. The van der Waals surface area contributed by atoms with Crippen LogP contribution in [0.5, 0.6) is 5.75 Å². The number of aromatic nitrogens is 3. The zero-order chi connectivity index (χ0) is 23.2. The van der Waals surface area contributed by atoms with Crippen molar-refractivity contribution in [1.82, 2.24) is 20.2 Å². The van der Waals surface area contributed by atoms with Crippen LogP contribution in [0.1, 0.15) is 18.2 Å². The number of methoxy groups -OCH3 is 1. The Morgan fingerprint density at radius 3 is 2.55 bits per heavy atom. The number of carbonyl (C=O) groups excluding carboxylic acids is 1. The molecule has 0 aliphatic rings. The highest BCUT2D eigenvalue weighted by Crippen LogP contribution is 2.29. The molecule has 2 aromatic heterocycles. The maximum Gasteiger partial charge on any atom is 0.250 e. The van der Waals surface area contributed by atoms with Crippen LogP contribution in [0.15, 0.2) is 81.6 Å². The molecule has 2 heterocycles. The molecule has 0 fully saturated rings. The molecule has 0 saturated heterocycles. The zero-order valence-corrected chi connectivity index (χ0v) is 19.3. The number of ether oxygens (including phenoxy) is 1. The molecular weight excluding hydrogens is 438 g/mol. The molecule has 9 heteroatoms. The number of thioether (sulfide) groups is 1. The van der Waals surface area contributed by atoms with Gasteiger partial charge in [0.25, 0.3) is 5.91 Å². The van der Waals surface area contributed by atoms with Gasteiger partial charge in [-0.3, -0.25) is 9.36 Å². The molecule has 33 heavy (non-hydrogen) atoms. The van der Waals surface area contributed by atoms with Crippen molar-refractivity contribution >= 4 is 23.4 Å². The number of hydrazone groups is 1. The topological polar surface area (TPSA) is 94.5 Å². The second-order valence-electron chi connectivity index (χ2n) is 7.20. The average Bonchev–Trinajstić information content (AvgIpc) is 3.52. The van der Waals surface area contributed by atoms with Crippen LogP contribution in [0, 0.1) is 6.92 Å². The van der Waals surface area contributed by atoms with Crippen molar-refractivity contribution in [2.24, 2.45) is 5.10 Å². The molecular formula is C24H23N5O3S. The van der Waals surface area contributed by atoms with Crippen molar-refractivity contribution in [2.75, 3.05) is 12.9 Å². The first-order valence-corrected chi connectivity index (χ1v) is 11.2. The van der Waals surface area contributed by atoms with E-state index in [9.17, 15) is 4.79 Å². The predicted molar refractivity (Wildman–Crippen MR) is 128 cm³/mol. The lowest BCUT2D eigenvalue weighted by atomic mass is 10.2. The van der Waals surface area contributed by atoms with Gasteiger partial charge in [-0.25, -0.2) is 5.43 Å². The molecule has 0 unspecified atom stereocenters. The van der Waals surface area contributed by atoms with Crippen molar-refractivity contribution < 1.29 is 13.9 Å². The van der Waals surface area contributed by atoms with Gasteiger partial charge in [-0.15, -0.1) is 10.2 Å². The largest absolute Gasteiger partial charge is 0.497 e. The Kier molecular flexibility index (Phi) is 6.89. The third kappa shape index (κ3) is 5.32. The standard InChI is InChI=1S/C24H23N5O3S/c1-16-6-10-19(11-7-16)29-23(18-8-12-20(31-3)13-9-18)27-28-24(29)33-15-22(30)26-25-17(2)21-5-4-14-32-21/h4-14H,15H2,1-3H3,(H,26,30). The summed E-state index contributed by atoms with van der Waals surface area (Å²) < 4.78 is 12.5. The van der Waals surface area contributed by atoms with E-state index in [1.807, 2.05) is 60.0 Å². The first-order valence-electron chi connectivity index (χ1n) is 10.2. The number of hydrogen-bond acceptors (Lipinski definition) is 7. The fourth-order valence-electron chi connectivity index (χ4n) is 3.07. The number of nitrogens with one attached hydrogen (secondary N) is 1. The lowest BCUT2D eigenvalue weighted by Gasteiger charge is -2.11. The SMILES string of the molecule is COc1ccc(-c2nnc(SCC(=O)NN=C(C)c3ccco3)n2-c2ccc(C)cc2)cc1. The summed E-state index contributed by atoms with van der Waals surface area (Å²) in [7, 11) is 1.63. The maximum absolute atomic E-state index is 12.4. The summed E-state index contributed by atoms with van der Waals surface area (Å²) in [6.07, 6.45) is 1.56. The van der Waals surface area contributed by atoms with Gasteiger partial charge in [-0.2, -0.15) is 5.10 Å². The van der Waals surface area contributed by atoms with Gasteiger partial charge >= 0.3 is 0 Å². The Bertz CT molecular complexity index is 1250. The lowest BCUT2D eigenvalue weighted by molar-refractivity contribution is -0.118. The van der Waals surface area contributed by atoms with E-state index in [0.717, 1.165) is 22.6 Å². The van der Waals surface area contributed by atoms with Gasteiger partial charge in [-0.1, -0.05) is 29.5 Å². The monoisotopic (exact) mass is 461 g/mol. The Balaban J connectivity index is 1.56. The molecule has 0 aliphatic carbocycles. The molecule has 0 bridgehead atoms. The Labute approximate surface area is 195 Å². The van der Waals surface area contributed by atoms with Crippen LogP contribution >= 0.6 is 11.8 Å². The second kappa shape index (κ2) is 10.2. The minimum atomic E-state index is -0.254. The summed E-state index contributed by atoms with van der Waals surface area (Å²) in [6.45, 7) is 3.80. The van der Waals surface area contributed by atoms with Crippen LogP contribution in [-0.4, -0.2) is 39.2 Å². The van der Waals surface area contributed by atoms with Crippen molar-refractivity contribution in [3.63, 3.8) is 0 Å². The fraction of sp³-hybridized carbons (Fsp3) is 0.167. The second-order valence-corrected chi connectivity index (χ2v) is 8.15. The van der Waals surface area contributed by atoms with Crippen LogP contribution in [0.3, 0.4) is 0 Å². The molecule has 0 spiro atoms. The van der Waals surface area contributed by atoms with Gasteiger partial charge in [0.15, 0.2) is 11.0 Å². The first-order chi connectivity index (χ1) is 16.0. The Morgan fingerprint density at radius 1 is 1.12 bits per heavy atom. The highest BCUT2D eigenvalue weighted by molar-refractivity contribution is 7.99. The van der Waals surface area contributed by atoms with Gasteiger partial charge < -0.3 is 9.15 Å². The number of amides is 1. The van der Waals surface area contributed by atoms with Crippen LogP contribution in [-0.2, 0) is 4.79 Å². The number of aryl methyl sites for hydroxylation is 1. The van der Waals surface area contributed by atoms with Crippen LogP contribution in [0.4, 0.5) is 0 Å². The number of nitrogens with zero attached hydrogens (tertiary/aromatic N) is 4. The molecule has 8 nitrogen and oxygen atoms in total. The molecule has 4 aromatic rings. The molecule has 4 rings (SSSR count). The Morgan fingerprint density at radius 2 is 1.88 bits per heavy atom. The van der Waals surface area contributed by atoms with Crippen molar-refractivity contribution in [3.8, 4) is 22.8 Å². The van der Waals surface area contributed by atoms with E-state index >= 15 is 0 Å². The number of benzene rings is 2. The molecule has 0 aliphatic heterocycles. The molecule has 0 radical (unpaired) electrons. The molecule has 1 amide bonds. The molecule has 2 aromatic carbocycles. The van der Waals surface area contributed by atoms with Crippen LogP contribution < -0.4 is 10.2 Å². The van der Waals surface area contributed by atoms with E-state index in [-0.39, 0.29) is 11.7 Å². The van der Waals surface area contributed by atoms with Crippen molar-refractivity contribution in [1.29, 1.82) is 0 Å². The summed E-state index contributed by atoms with van der Waals surface area (Å²) in [5.41, 5.74) is 6.09. The minimum Gasteiger partial charge on any atom is -0.497 e. The third-order valence-corrected chi connectivity index (χ3v) is 5.76. The van der Waals surface area contributed by atoms with Crippen molar-refractivity contribution in [2.45, 2.75) is 19.0 Å². The smallest absolute Gasteiger partial charge is 0.250 e. The normalized spacial score (nSPS) is 11.4. The quantitative estimate of drug-likeness (QED) is 0.236. The van der Waals surface area contributed by atoms with Gasteiger partial charge in [-0.05, 0) is 62.4 Å². The van der Waals surface area contributed by atoms with Gasteiger partial charge in [0.1, 0.15) is 17.2 Å². The molecule has 0 atom stereocenters. The van der Waals surface area contributed by atoms with Gasteiger partial charge in [0.05, 0.1) is 19.1 Å². The van der Waals surface area contributed by atoms with E-state index in [1.54, 1.807) is 32.4 Å². The van der Waals surface area contributed by atoms with Crippen LogP contribution in [0.25, 0.3) is 17.1 Å². The number of carbonyl (C=O) groups is 1. The third-order valence-electron chi connectivity index (χ3n) is 4.83. The number of rotatable bonds is 8. The summed E-state index contributed by atoms with van der Waals surface area (Å²) in [5, 5.41) is 13.5. The minimum absolute atomic E-state index is 0.127. The summed E-state index contributed by atoms with van der Waals surface area (Å²) in [5.74, 6) is 1.91. The highest BCUT2D eigenvalue weighted by atomic mass is 32.2. The number of hydrogen-bond donors (Lipinski definition) is 1. The Hall–Kier alpha value is -3.85. The average molecular weight is 462 g/mol. The summed E-state index contributed by atoms with van der Waals surface area (Å²) in [6, 6.07) is 19.2. The molecule has 168 valence electrons. The van der Waals surface area contributed by atoms with E-state index in [1.165, 1.54) is 11.8 Å². The maximum atomic E-state index is 12.4. The fourth-order valence-corrected chi connectivity index (χ4v) is 3.81. The van der Waals surface area contributed by atoms with Crippen molar-refractivity contribution in [3.05, 3.63) is 78.3 Å². The van der Waals surface area contributed by atoms with Crippen LogP contribution in [0.2, 0.25) is 0 Å². The van der Waals surface area contributed by atoms with E-state index in [4.69, 9.17) is 9.15 Å². The first kappa shape index (κ1) is 22.3. The van der Waals surface area contributed by atoms with E-state index in [0.29, 0.717) is 22.5 Å². The molecule has 0 saturated carbocycles. The summed E-state index contributed by atoms with van der Waals surface area (Å²) in [4.78, 5) is 12.4. The van der Waals surface area contributed by atoms with E-state index in [2.05, 4.69) is 20.7 Å². The number of furan rings is 1.